The van der Waals surface area contributed by atoms with Gasteiger partial charge < -0.3 is 15.5 Å². The van der Waals surface area contributed by atoms with Gasteiger partial charge >= 0.3 is 0 Å². The molecule has 0 bridgehead atoms. The molecule has 6 rings (SSSR count). The van der Waals surface area contributed by atoms with Crippen molar-refractivity contribution in [2.24, 2.45) is 5.73 Å². The highest BCUT2D eigenvalue weighted by molar-refractivity contribution is 7.26. The normalized spacial score (nSPS) is 12.3. The van der Waals surface area contributed by atoms with Gasteiger partial charge in [0.2, 0.25) is 0 Å². The molecule has 0 aliphatic heterocycles. The van der Waals surface area contributed by atoms with Crippen molar-refractivity contribution in [1.29, 1.82) is 0 Å². The zero-order valence-corrected chi connectivity index (χ0v) is 21.4. The molecule has 0 spiro atoms. The predicted molar refractivity (Wildman–Crippen MR) is 161 cm³/mol. The summed E-state index contributed by atoms with van der Waals surface area (Å²) in [6.07, 6.45) is 7.43. The molecule has 0 atom stereocenters. The van der Waals surface area contributed by atoms with Crippen LogP contribution in [-0.4, -0.2) is 4.98 Å². The van der Waals surface area contributed by atoms with Crippen molar-refractivity contribution in [3.05, 3.63) is 127 Å². The van der Waals surface area contributed by atoms with Crippen LogP contribution in [0.5, 0.6) is 5.75 Å². The Morgan fingerprint density at radius 3 is 2.51 bits per heavy atom. The Morgan fingerprint density at radius 1 is 0.919 bits per heavy atom. The molecule has 0 amide bonds. The first-order valence-corrected chi connectivity index (χ1v) is 12.9. The second kappa shape index (κ2) is 9.16. The van der Waals surface area contributed by atoms with Crippen LogP contribution >= 0.6 is 11.3 Å². The molecule has 180 valence electrons. The van der Waals surface area contributed by atoms with Crippen LogP contribution in [0.2, 0.25) is 0 Å². The van der Waals surface area contributed by atoms with Gasteiger partial charge in [-0.2, -0.15) is 0 Å². The van der Waals surface area contributed by atoms with E-state index in [-0.39, 0.29) is 0 Å². The topological polar surface area (TPSA) is 51.0 Å². The lowest BCUT2D eigenvalue weighted by Crippen LogP contribution is -1.97. The Balaban J connectivity index is 1.52. The van der Waals surface area contributed by atoms with Crippen molar-refractivity contribution in [1.82, 2.24) is 4.98 Å². The molecule has 0 radical (unpaired) electrons. The number of fused-ring (bicyclic) bond motifs is 7. The van der Waals surface area contributed by atoms with Crippen LogP contribution < -0.4 is 10.5 Å². The third-order valence-electron chi connectivity index (χ3n) is 6.74. The van der Waals surface area contributed by atoms with E-state index >= 15 is 0 Å². The quantitative estimate of drug-likeness (QED) is 0.178. The van der Waals surface area contributed by atoms with Crippen LogP contribution in [0.4, 0.5) is 0 Å². The third-order valence-corrected chi connectivity index (χ3v) is 7.94. The maximum Gasteiger partial charge on any atom is 0.129 e. The Hall–Kier alpha value is -4.54. The number of H-pyrrole nitrogens is 1. The van der Waals surface area contributed by atoms with E-state index < -0.39 is 0 Å². The van der Waals surface area contributed by atoms with Gasteiger partial charge in [-0.3, -0.25) is 0 Å². The lowest BCUT2D eigenvalue weighted by Gasteiger charge is -2.09. The number of thiophene rings is 1. The molecule has 3 nitrogen and oxygen atoms in total. The highest BCUT2D eigenvalue weighted by Crippen LogP contribution is 2.41. The van der Waals surface area contributed by atoms with E-state index in [1.165, 1.54) is 20.2 Å². The molecule has 6 aromatic rings. The van der Waals surface area contributed by atoms with Gasteiger partial charge in [0.05, 0.1) is 22.0 Å². The molecule has 0 unspecified atom stereocenters. The van der Waals surface area contributed by atoms with E-state index in [2.05, 4.69) is 66.7 Å². The van der Waals surface area contributed by atoms with Gasteiger partial charge in [-0.1, -0.05) is 73.8 Å². The molecular weight excluding hydrogens is 472 g/mol. The van der Waals surface area contributed by atoms with E-state index in [0.29, 0.717) is 5.70 Å². The number of aryl methyl sites for hydroxylation is 1. The van der Waals surface area contributed by atoms with Crippen LogP contribution in [0.3, 0.4) is 0 Å². The molecule has 0 fully saturated rings. The average Bonchev–Trinajstić information content (AvgIpc) is 3.47. The van der Waals surface area contributed by atoms with Crippen LogP contribution in [0.15, 0.2) is 110 Å². The molecule has 0 saturated heterocycles. The summed E-state index contributed by atoms with van der Waals surface area (Å²) >= 11 is 1.81. The minimum atomic E-state index is 0.518. The van der Waals surface area contributed by atoms with Gasteiger partial charge in [0.15, 0.2) is 0 Å². The number of para-hydroxylation sites is 1. The van der Waals surface area contributed by atoms with E-state index in [1.54, 1.807) is 12.3 Å². The van der Waals surface area contributed by atoms with Gasteiger partial charge in [-0.05, 0) is 54.0 Å². The number of nitrogens with two attached hydrogens (primary N) is 1. The fourth-order valence-electron chi connectivity index (χ4n) is 4.92. The van der Waals surface area contributed by atoms with E-state index in [0.717, 1.165) is 49.8 Å². The van der Waals surface area contributed by atoms with E-state index in [1.807, 2.05) is 54.7 Å². The number of aromatic nitrogens is 1. The summed E-state index contributed by atoms with van der Waals surface area (Å²) in [6, 6.07) is 25.2. The minimum absolute atomic E-state index is 0.518. The fourth-order valence-corrected chi connectivity index (χ4v) is 6.12. The maximum atomic E-state index is 6.32. The first kappa shape index (κ1) is 22.9. The van der Waals surface area contributed by atoms with Crippen molar-refractivity contribution < 1.29 is 4.74 Å². The summed E-state index contributed by atoms with van der Waals surface area (Å²) in [4.78, 5) is 3.69. The summed E-state index contributed by atoms with van der Waals surface area (Å²) in [5, 5.41) is 4.81. The molecule has 37 heavy (non-hydrogen) atoms. The summed E-state index contributed by atoms with van der Waals surface area (Å²) in [6.45, 7) is 10.0. The third kappa shape index (κ3) is 3.92. The van der Waals surface area contributed by atoms with Gasteiger partial charge in [0.25, 0.3) is 0 Å². The van der Waals surface area contributed by atoms with Crippen LogP contribution in [0.1, 0.15) is 16.7 Å². The molecule has 0 aliphatic rings. The van der Waals surface area contributed by atoms with Crippen molar-refractivity contribution in [3.63, 3.8) is 0 Å². The van der Waals surface area contributed by atoms with Crippen molar-refractivity contribution in [2.45, 2.75) is 6.92 Å². The van der Waals surface area contributed by atoms with Crippen LogP contribution in [-0.2, 0) is 0 Å². The lowest BCUT2D eigenvalue weighted by atomic mass is 9.97. The second-order valence-corrected chi connectivity index (χ2v) is 10.2. The Labute approximate surface area is 219 Å². The highest BCUT2D eigenvalue weighted by atomic mass is 32.1. The Morgan fingerprint density at radius 2 is 1.70 bits per heavy atom. The Kier molecular flexibility index (Phi) is 5.67. The zero-order chi connectivity index (χ0) is 25.5. The van der Waals surface area contributed by atoms with E-state index in [9.17, 15) is 0 Å². The molecule has 2 heterocycles. The van der Waals surface area contributed by atoms with Gasteiger partial charge in [-0.15, -0.1) is 11.3 Å². The zero-order valence-electron chi connectivity index (χ0n) is 20.5. The molecule has 2 aromatic heterocycles. The summed E-state index contributed by atoms with van der Waals surface area (Å²) in [5.41, 5.74) is 12.9. The van der Waals surface area contributed by atoms with Gasteiger partial charge in [-0.25, -0.2) is 0 Å². The summed E-state index contributed by atoms with van der Waals surface area (Å²) in [5.74, 6) is 0.826. The van der Waals surface area contributed by atoms with Gasteiger partial charge in [0, 0.05) is 37.5 Å². The molecule has 3 N–H and O–H groups in total. The van der Waals surface area contributed by atoms with Crippen molar-refractivity contribution in [2.75, 3.05) is 0 Å². The first-order valence-electron chi connectivity index (χ1n) is 12.1. The number of hydrogen-bond donors (Lipinski definition) is 2. The highest BCUT2D eigenvalue weighted by Gasteiger charge is 2.16. The van der Waals surface area contributed by atoms with E-state index in [4.69, 9.17) is 10.5 Å². The number of aromatic amines is 1. The molecule has 0 aliphatic carbocycles. The number of allylic oxidation sites excluding steroid dienone is 4. The number of ether oxygens (including phenoxy) is 1. The average molecular weight is 499 g/mol. The molecular formula is C33H26N2OS. The van der Waals surface area contributed by atoms with Gasteiger partial charge in [0.1, 0.15) is 5.75 Å². The number of hydrogen-bond acceptors (Lipinski definition) is 3. The van der Waals surface area contributed by atoms with Crippen molar-refractivity contribution in [3.8, 4) is 5.75 Å². The predicted octanol–water partition coefficient (Wildman–Crippen LogP) is 9.09. The molecule has 4 aromatic carbocycles. The number of benzene rings is 4. The Bertz CT molecular complexity index is 1920. The molecule has 0 saturated carbocycles. The number of rotatable bonds is 6. The fraction of sp³-hybridized carbons (Fsp3) is 0.0303. The van der Waals surface area contributed by atoms with Crippen LogP contribution in [0.25, 0.3) is 53.2 Å². The monoisotopic (exact) mass is 498 g/mol. The standard InChI is InChI=1S/C33H26N2OS/c1-4-9-22(16-17-36-29-12-7-5-10-20(29)2)23-18-27(21(3)34)31-28(19-23)25-14-15-26-24-11-6-8-13-30(24)37-33(26)32(25)35-31/h4-19,35H,1,3,34H2,2H3/b17-16-,22-9+. The second-order valence-electron chi connectivity index (χ2n) is 9.10. The van der Waals surface area contributed by atoms with Crippen molar-refractivity contribution >= 4 is 64.6 Å². The molecule has 4 heteroatoms. The minimum Gasteiger partial charge on any atom is -0.465 e. The maximum absolute atomic E-state index is 6.32. The SMILES string of the molecule is C=C/C=C(\C=C/Oc1ccccc1C)c1cc(C(=C)N)c2[nH]c3c(ccc4c5ccccc5sc43)c2c1. The smallest absolute Gasteiger partial charge is 0.129 e. The lowest BCUT2D eigenvalue weighted by molar-refractivity contribution is 0.478. The summed E-state index contributed by atoms with van der Waals surface area (Å²) < 4.78 is 8.46. The summed E-state index contributed by atoms with van der Waals surface area (Å²) in [7, 11) is 0. The number of nitrogens with one attached hydrogen (secondary N) is 1. The van der Waals surface area contributed by atoms with Crippen LogP contribution in [0, 0.1) is 6.92 Å². The largest absolute Gasteiger partial charge is 0.465 e. The first-order chi connectivity index (χ1) is 18.0.